The van der Waals surface area contributed by atoms with Crippen molar-refractivity contribution in [2.75, 3.05) is 12.4 Å². The maximum Gasteiger partial charge on any atom is 0.410 e. The number of benzene rings is 1. The first-order valence-corrected chi connectivity index (χ1v) is 5.80. The number of hydrogen-bond donors (Lipinski definition) is 2. The fourth-order valence-corrected chi connectivity index (χ4v) is 1.57. The van der Waals surface area contributed by atoms with Crippen molar-refractivity contribution in [1.29, 1.82) is 0 Å². The lowest BCUT2D eigenvalue weighted by Crippen LogP contribution is -2.08. The molecule has 0 aliphatic rings. The van der Waals surface area contributed by atoms with Crippen LogP contribution in [0.3, 0.4) is 0 Å². The third-order valence-corrected chi connectivity index (χ3v) is 2.44. The molecule has 0 aliphatic carbocycles. The zero-order valence-corrected chi connectivity index (χ0v) is 10.8. The van der Waals surface area contributed by atoms with Crippen LogP contribution in [0.2, 0.25) is 0 Å². The number of anilines is 1. The van der Waals surface area contributed by atoms with Crippen molar-refractivity contribution in [1.82, 2.24) is 4.98 Å². The summed E-state index contributed by atoms with van der Waals surface area (Å²) in [4.78, 5) is 14.4. The van der Waals surface area contributed by atoms with E-state index in [1.54, 1.807) is 19.2 Å². The topological polar surface area (TPSA) is 71.5 Å². The summed E-state index contributed by atoms with van der Waals surface area (Å²) in [5, 5.41) is 10.8. The van der Waals surface area contributed by atoms with E-state index in [-0.39, 0.29) is 5.82 Å². The Morgan fingerprint density at radius 1 is 1.30 bits per heavy atom. The molecule has 2 rings (SSSR count). The molecule has 0 spiro atoms. The van der Waals surface area contributed by atoms with E-state index in [2.05, 4.69) is 22.1 Å². The Hall–Kier alpha value is -3.00. The highest BCUT2D eigenvalue weighted by Crippen LogP contribution is 2.16. The van der Waals surface area contributed by atoms with Crippen molar-refractivity contribution >= 4 is 11.9 Å². The second kappa shape index (κ2) is 6.25. The molecule has 5 heteroatoms. The van der Waals surface area contributed by atoms with Gasteiger partial charge in [-0.1, -0.05) is 24.0 Å². The molecule has 1 amide bonds. The Morgan fingerprint density at radius 2 is 2.10 bits per heavy atom. The molecule has 0 saturated carbocycles. The van der Waals surface area contributed by atoms with Gasteiger partial charge in [0.05, 0.1) is 12.7 Å². The number of aromatic nitrogens is 1. The number of pyridine rings is 1. The fourth-order valence-electron chi connectivity index (χ4n) is 1.57. The Bertz CT molecular complexity index is 687. The number of hydrogen-bond acceptors (Lipinski definition) is 3. The average molecular weight is 268 g/mol. The third kappa shape index (κ3) is 3.50. The monoisotopic (exact) mass is 268 g/mol. The molecule has 0 bridgehead atoms. The molecule has 0 unspecified atom stereocenters. The first-order chi connectivity index (χ1) is 9.69. The van der Waals surface area contributed by atoms with Crippen LogP contribution in [0.5, 0.6) is 5.75 Å². The normalized spacial score (nSPS) is 9.25. The summed E-state index contributed by atoms with van der Waals surface area (Å²) >= 11 is 0. The smallest absolute Gasteiger partial charge is 0.410 e. The van der Waals surface area contributed by atoms with Gasteiger partial charge in [-0.3, -0.25) is 5.32 Å². The van der Waals surface area contributed by atoms with E-state index in [0.717, 1.165) is 5.56 Å². The summed E-state index contributed by atoms with van der Waals surface area (Å²) in [7, 11) is 1.59. The second-order valence-corrected chi connectivity index (χ2v) is 3.81. The fraction of sp³-hybridized carbons (Fsp3) is 0.0667. The second-order valence-electron chi connectivity index (χ2n) is 3.81. The molecule has 2 aromatic rings. The molecule has 2 N–H and O–H groups in total. The summed E-state index contributed by atoms with van der Waals surface area (Å²) in [5.74, 6) is 6.86. The van der Waals surface area contributed by atoms with Crippen molar-refractivity contribution in [3.8, 4) is 17.6 Å². The van der Waals surface area contributed by atoms with Gasteiger partial charge >= 0.3 is 6.09 Å². The van der Waals surface area contributed by atoms with Gasteiger partial charge in [-0.05, 0) is 24.3 Å². The molecule has 1 heterocycles. The number of rotatable bonds is 2. The van der Waals surface area contributed by atoms with Crippen LogP contribution in [-0.2, 0) is 0 Å². The van der Waals surface area contributed by atoms with E-state index < -0.39 is 6.09 Å². The van der Waals surface area contributed by atoms with Crippen LogP contribution >= 0.6 is 0 Å². The average Bonchev–Trinajstić information content (AvgIpc) is 2.45. The van der Waals surface area contributed by atoms with Gasteiger partial charge in [-0.2, -0.15) is 0 Å². The number of carbonyl (C=O) groups is 1. The minimum atomic E-state index is -1.16. The highest BCUT2D eigenvalue weighted by atomic mass is 16.5. The molecule has 20 heavy (non-hydrogen) atoms. The van der Waals surface area contributed by atoms with Crippen molar-refractivity contribution in [2.24, 2.45) is 0 Å². The van der Waals surface area contributed by atoms with E-state index >= 15 is 0 Å². The van der Waals surface area contributed by atoms with Crippen LogP contribution in [-0.4, -0.2) is 23.3 Å². The zero-order valence-electron chi connectivity index (χ0n) is 10.8. The third-order valence-electron chi connectivity index (χ3n) is 2.44. The quantitative estimate of drug-likeness (QED) is 0.821. The molecular formula is C15H12N2O3. The minimum Gasteiger partial charge on any atom is -0.495 e. The van der Waals surface area contributed by atoms with E-state index in [1.807, 2.05) is 24.3 Å². The highest BCUT2D eigenvalue weighted by molar-refractivity contribution is 5.81. The summed E-state index contributed by atoms with van der Waals surface area (Å²) < 4.78 is 5.21. The van der Waals surface area contributed by atoms with Crippen LogP contribution in [0, 0.1) is 11.8 Å². The van der Waals surface area contributed by atoms with Crippen LogP contribution in [0.1, 0.15) is 11.1 Å². The predicted molar refractivity (Wildman–Crippen MR) is 74.9 cm³/mol. The SMILES string of the molecule is COc1ccccc1C#Cc1ccnc(NC(=O)O)c1. The standard InChI is InChI=1S/C15H12N2O3/c1-20-13-5-3-2-4-12(13)7-6-11-8-9-16-14(10-11)17-15(18)19/h2-5,8-10H,1H3,(H,16,17)(H,18,19). The maximum absolute atomic E-state index is 10.5. The van der Waals surface area contributed by atoms with Gasteiger partial charge < -0.3 is 9.84 Å². The van der Waals surface area contributed by atoms with Crippen LogP contribution in [0.25, 0.3) is 0 Å². The van der Waals surface area contributed by atoms with Crippen LogP contribution < -0.4 is 10.1 Å². The zero-order chi connectivity index (χ0) is 14.4. The Morgan fingerprint density at radius 3 is 2.85 bits per heavy atom. The Labute approximate surface area is 116 Å². The van der Waals surface area contributed by atoms with Crippen molar-refractivity contribution in [3.05, 3.63) is 53.7 Å². The number of para-hydroxylation sites is 1. The van der Waals surface area contributed by atoms with Crippen molar-refractivity contribution < 1.29 is 14.6 Å². The summed E-state index contributed by atoms with van der Waals surface area (Å²) in [6.07, 6.45) is 0.338. The van der Waals surface area contributed by atoms with Crippen molar-refractivity contribution in [3.63, 3.8) is 0 Å². The van der Waals surface area contributed by atoms with Crippen LogP contribution in [0.15, 0.2) is 42.6 Å². The number of nitrogens with one attached hydrogen (secondary N) is 1. The highest BCUT2D eigenvalue weighted by Gasteiger charge is 2.00. The minimum absolute atomic E-state index is 0.240. The lowest BCUT2D eigenvalue weighted by Gasteiger charge is -2.01. The van der Waals surface area contributed by atoms with Crippen molar-refractivity contribution in [2.45, 2.75) is 0 Å². The number of methoxy groups -OCH3 is 1. The van der Waals surface area contributed by atoms with Crippen LogP contribution in [0.4, 0.5) is 10.6 Å². The first-order valence-electron chi connectivity index (χ1n) is 5.80. The summed E-state index contributed by atoms with van der Waals surface area (Å²) in [5.41, 5.74) is 1.43. The van der Waals surface area contributed by atoms with Gasteiger partial charge in [-0.25, -0.2) is 9.78 Å². The molecule has 0 fully saturated rings. The molecule has 0 radical (unpaired) electrons. The summed E-state index contributed by atoms with van der Waals surface area (Å²) in [6.45, 7) is 0. The lowest BCUT2D eigenvalue weighted by molar-refractivity contribution is 0.209. The van der Waals surface area contributed by atoms with E-state index in [1.165, 1.54) is 6.20 Å². The number of amides is 1. The largest absolute Gasteiger partial charge is 0.495 e. The molecule has 100 valence electrons. The molecular weight excluding hydrogens is 256 g/mol. The van der Waals surface area contributed by atoms with Gasteiger partial charge in [0.25, 0.3) is 0 Å². The van der Waals surface area contributed by atoms with Gasteiger partial charge in [0, 0.05) is 11.8 Å². The molecule has 5 nitrogen and oxygen atoms in total. The number of ether oxygens (including phenoxy) is 1. The molecule has 1 aromatic heterocycles. The van der Waals surface area contributed by atoms with Gasteiger partial charge in [-0.15, -0.1) is 0 Å². The van der Waals surface area contributed by atoms with E-state index in [4.69, 9.17) is 9.84 Å². The molecule has 0 aliphatic heterocycles. The summed E-state index contributed by atoms with van der Waals surface area (Å²) in [6, 6.07) is 10.7. The molecule has 0 atom stereocenters. The molecule has 1 aromatic carbocycles. The first kappa shape index (κ1) is 13.4. The predicted octanol–water partition coefficient (Wildman–Crippen LogP) is 2.58. The van der Waals surface area contributed by atoms with Gasteiger partial charge in [0.1, 0.15) is 11.6 Å². The maximum atomic E-state index is 10.5. The number of carboxylic acid groups (broad SMARTS) is 1. The van der Waals surface area contributed by atoms with Gasteiger partial charge in [0.15, 0.2) is 0 Å². The van der Waals surface area contributed by atoms with E-state index in [9.17, 15) is 4.79 Å². The van der Waals surface area contributed by atoms with Gasteiger partial charge in [0.2, 0.25) is 0 Å². The molecule has 0 saturated heterocycles. The Kier molecular flexibility index (Phi) is 4.20. The Balaban J connectivity index is 2.26. The van der Waals surface area contributed by atoms with E-state index in [0.29, 0.717) is 11.3 Å². The lowest BCUT2D eigenvalue weighted by atomic mass is 10.2. The number of nitrogens with zero attached hydrogens (tertiary/aromatic N) is 1.